The van der Waals surface area contributed by atoms with E-state index in [1.54, 1.807) is 35.9 Å². The number of halogens is 2. The summed E-state index contributed by atoms with van der Waals surface area (Å²) in [6.07, 6.45) is -0.145. The van der Waals surface area contributed by atoms with Crippen LogP contribution in [0.1, 0.15) is 50.9 Å². The van der Waals surface area contributed by atoms with Crippen LogP contribution in [0.2, 0.25) is 0 Å². The van der Waals surface area contributed by atoms with E-state index in [1.165, 1.54) is 17.7 Å². The number of aliphatic hydroxyl groups is 1. The van der Waals surface area contributed by atoms with Crippen molar-refractivity contribution in [1.82, 2.24) is 15.2 Å². The minimum Gasteiger partial charge on any atom is -0.390 e. The highest BCUT2D eigenvalue weighted by Crippen LogP contribution is 2.16. The summed E-state index contributed by atoms with van der Waals surface area (Å²) >= 11 is 0. The molecule has 1 aromatic heterocycles. The highest BCUT2D eigenvalue weighted by Gasteiger charge is 2.24. The van der Waals surface area contributed by atoms with Crippen molar-refractivity contribution in [1.29, 1.82) is 0 Å². The summed E-state index contributed by atoms with van der Waals surface area (Å²) in [5.74, 6) is -2.00. The Hall–Kier alpha value is -4.14. The van der Waals surface area contributed by atoms with Crippen LogP contribution in [0.15, 0.2) is 78.9 Å². The van der Waals surface area contributed by atoms with Gasteiger partial charge in [-0.15, -0.1) is 0 Å². The van der Waals surface area contributed by atoms with Crippen molar-refractivity contribution >= 4 is 11.7 Å². The number of benzene rings is 3. The van der Waals surface area contributed by atoms with Crippen LogP contribution in [0, 0.1) is 18.6 Å². The van der Waals surface area contributed by atoms with E-state index in [0.29, 0.717) is 29.1 Å². The van der Waals surface area contributed by atoms with Gasteiger partial charge in [0.05, 0.1) is 24.3 Å². The monoisotopic (exact) mass is 573 g/mol. The predicted molar refractivity (Wildman–Crippen MR) is 159 cm³/mol. The molecular formula is C34H37F2N3O3. The fraction of sp³-hybridized carbons (Fsp3) is 0.294. The summed E-state index contributed by atoms with van der Waals surface area (Å²) in [5.41, 5.74) is 5.25. The van der Waals surface area contributed by atoms with Gasteiger partial charge in [-0.05, 0) is 60.7 Å². The van der Waals surface area contributed by atoms with Gasteiger partial charge in [-0.3, -0.25) is 9.59 Å². The number of hydrogen-bond donors (Lipinski definition) is 3. The Kier molecular flexibility index (Phi) is 10.4. The van der Waals surface area contributed by atoms with E-state index < -0.39 is 23.8 Å². The molecule has 6 nitrogen and oxygen atoms in total. The second kappa shape index (κ2) is 14.2. The molecular weight excluding hydrogens is 536 g/mol. The number of aliphatic hydroxyl groups excluding tert-OH is 1. The molecule has 0 unspecified atom stereocenters. The first kappa shape index (κ1) is 30.8. The number of nitrogens with one attached hydrogen (secondary N) is 2. The van der Waals surface area contributed by atoms with E-state index in [2.05, 4.69) is 29.7 Å². The summed E-state index contributed by atoms with van der Waals surface area (Å²) in [7, 11) is 1.73. The van der Waals surface area contributed by atoms with Crippen molar-refractivity contribution in [2.75, 3.05) is 6.54 Å². The third-order valence-corrected chi connectivity index (χ3v) is 7.38. The standard InChI is InChI=1S/C34H37F2N3O3/c1-4-23-6-5-7-24(14-23)20-37-21-32(40)30(17-25-15-27(35)18-28(36)16-25)38-33(41)19-29-12-13-31(39(29)3)34(42)26-10-8-22(2)9-11-26/h5-16,18,30,32,37,40H,4,17,19-21H2,1-3H3,(H,38,41)/t30-,32-/m0/s1. The van der Waals surface area contributed by atoms with Gasteiger partial charge in [0.25, 0.3) is 0 Å². The molecule has 0 aliphatic carbocycles. The summed E-state index contributed by atoms with van der Waals surface area (Å²) in [6, 6.07) is 21.2. The number of nitrogens with zero attached hydrogens (tertiary/aromatic N) is 1. The maximum absolute atomic E-state index is 13.9. The molecule has 4 rings (SSSR count). The average Bonchev–Trinajstić information content (AvgIpc) is 3.31. The third-order valence-electron chi connectivity index (χ3n) is 7.38. The summed E-state index contributed by atoms with van der Waals surface area (Å²) < 4.78 is 29.5. The molecule has 220 valence electrons. The smallest absolute Gasteiger partial charge is 0.226 e. The van der Waals surface area contributed by atoms with E-state index in [4.69, 9.17) is 0 Å². The van der Waals surface area contributed by atoms with E-state index in [0.717, 1.165) is 23.6 Å². The predicted octanol–water partition coefficient (Wildman–Crippen LogP) is 4.83. The van der Waals surface area contributed by atoms with Crippen molar-refractivity contribution in [2.24, 2.45) is 7.05 Å². The van der Waals surface area contributed by atoms with Crippen molar-refractivity contribution in [3.63, 3.8) is 0 Å². The minimum absolute atomic E-state index is 0.0267. The molecule has 1 heterocycles. The second-order valence-electron chi connectivity index (χ2n) is 10.7. The fourth-order valence-electron chi connectivity index (χ4n) is 4.97. The maximum Gasteiger partial charge on any atom is 0.226 e. The lowest BCUT2D eigenvalue weighted by molar-refractivity contribution is -0.122. The van der Waals surface area contributed by atoms with Crippen molar-refractivity contribution in [3.05, 3.63) is 130 Å². The Bertz CT molecular complexity index is 1510. The molecule has 3 aromatic carbocycles. The lowest BCUT2D eigenvalue weighted by Gasteiger charge is -2.25. The third kappa shape index (κ3) is 8.21. The maximum atomic E-state index is 13.9. The lowest BCUT2D eigenvalue weighted by Crippen LogP contribution is -2.49. The molecule has 2 atom stereocenters. The SMILES string of the molecule is CCc1cccc(CNC[C@H](O)[C@H](Cc2cc(F)cc(F)c2)NC(=O)Cc2ccc(C(=O)c3ccc(C)cc3)n2C)c1. The minimum atomic E-state index is -1.04. The Morgan fingerprint density at radius 1 is 0.905 bits per heavy atom. The van der Waals surface area contributed by atoms with Gasteiger partial charge in [0, 0.05) is 37.5 Å². The Balaban J connectivity index is 1.44. The van der Waals surface area contributed by atoms with Crippen LogP contribution in [-0.4, -0.2) is 40.1 Å². The van der Waals surface area contributed by atoms with Crippen LogP contribution < -0.4 is 10.6 Å². The molecule has 0 bridgehead atoms. The largest absolute Gasteiger partial charge is 0.390 e. The van der Waals surface area contributed by atoms with E-state index in [9.17, 15) is 23.5 Å². The molecule has 0 saturated carbocycles. The summed E-state index contributed by atoms with van der Waals surface area (Å²) in [4.78, 5) is 26.2. The second-order valence-corrected chi connectivity index (χ2v) is 10.7. The Labute approximate surface area is 245 Å². The molecule has 0 aliphatic heterocycles. The highest BCUT2D eigenvalue weighted by molar-refractivity contribution is 6.08. The van der Waals surface area contributed by atoms with Gasteiger partial charge in [0.15, 0.2) is 0 Å². The van der Waals surface area contributed by atoms with Gasteiger partial charge < -0.3 is 20.3 Å². The van der Waals surface area contributed by atoms with Crippen LogP contribution in [0.4, 0.5) is 8.78 Å². The van der Waals surface area contributed by atoms with E-state index in [1.807, 2.05) is 31.2 Å². The molecule has 0 aliphatic rings. The van der Waals surface area contributed by atoms with Crippen molar-refractivity contribution in [2.45, 2.75) is 51.8 Å². The van der Waals surface area contributed by atoms with Crippen LogP contribution >= 0.6 is 0 Å². The number of aromatic nitrogens is 1. The van der Waals surface area contributed by atoms with Crippen molar-refractivity contribution < 1.29 is 23.5 Å². The molecule has 0 fully saturated rings. The zero-order chi connectivity index (χ0) is 30.2. The van der Waals surface area contributed by atoms with Gasteiger partial charge >= 0.3 is 0 Å². The first-order chi connectivity index (χ1) is 20.1. The number of carbonyl (C=O) groups is 2. The number of rotatable bonds is 13. The molecule has 8 heteroatoms. The molecule has 42 heavy (non-hydrogen) atoms. The molecule has 0 saturated heterocycles. The number of carbonyl (C=O) groups excluding carboxylic acids is 2. The molecule has 1 amide bonds. The lowest BCUT2D eigenvalue weighted by atomic mass is 10.00. The van der Waals surface area contributed by atoms with Crippen LogP contribution in [0.3, 0.4) is 0 Å². The molecule has 4 aromatic rings. The molecule has 0 spiro atoms. The van der Waals surface area contributed by atoms with E-state index >= 15 is 0 Å². The van der Waals surface area contributed by atoms with Gasteiger partial charge in [0.2, 0.25) is 11.7 Å². The topological polar surface area (TPSA) is 83.4 Å². The average molecular weight is 574 g/mol. The number of ketones is 1. The summed E-state index contributed by atoms with van der Waals surface area (Å²) in [6.45, 7) is 4.69. The zero-order valence-corrected chi connectivity index (χ0v) is 24.2. The Morgan fingerprint density at radius 2 is 1.60 bits per heavy atom. The number of amides is 1. The first-order valence-electron chi connectivity index (χ1n) is 14.1. The Morgan fingerprint density at radius 3 is 2.29 bits per heavy atom. The fourth-order valence-corrected chi connectivity index (χ4v) is 4.97. The number of hydrogen-bond acceptors (Lipinski definition) is 4. The van der Waals surface area contributed by atoms with Crippen molar-refractivity contribution in [3.8, 4) is 0 Å². The highest BCUT2D eigenvalue weighted by atomic mass is 19.1. The normalized spacial score (nSPS) is 12.6. The first-order valence-corrected chi connectivity index (χ1v) is 14.1. The summed E-state index contributed by atoms with van der Waals surface area (Å²) in [5, 5.41) is 17.1. The molecule has 0 radical (unpaired) electrons. The van der Waals surface area contributed by atoms with Gasteiger partial charge in [-0.1, -0.05) is 61.0 Å². The zero-order valence-electron chi connectivity index (χ0n) is 24.2. The van der Waals surface area contributed by atoms with E-state index in [-0.39, 0.29) is 31.1 Å². The van der Waals surface area contributed by atoms with Gasteiger partial charge in [0.1, 0.15) is 11.6 Å². The quantitative estimate of drug-likeness (QED) is 0.200. The van der Waals surface area contributed by atoms with Crippen LogP contribution in [0.5, 0.6) is 0 Å². The molecule has 3 N–H and O–H groups in total. The number of aryl methyl sites for hydroxylation is 2. The van der Waals surface area contributed by atoms with Gasteiger partial charge in [-0.2, -0.15) is 0 Å². The van der Waals surface area contributed by atoms with Crippen LogP contribution in [-0.2, 0) is 37.6 Å². The van der Waals surface area contributed by atoms with Gasteiger partial charge in [-0.25, -0.2) is 8.78 Å². The van der Waals surface area contributed by atoms with Crippen LogP contribution in [0.25, 0.3) is 0 Å².